The molecule has 1 aromatic carbocycles. The normalized spacial score (nSPS) is 23.8. The number of hydrogen-bond donors (Lipinski definition) is 0. The first-order chi connectivity index (χ1) is 12.0. The van der Waals surface area contributed by atoms with E-state index in [1.807, 2.05) is 0 Å². The Labute approximate surface area is 162 Å². The van der Waals surface area contributed by atoms with Gasteiger partial charge in [-0.15, -0.1) is 0 Å². The summed E-state index contributed by atoms with van der Waals surface area (Å²) in [5, 5.41) is 0. The van der Waals surface area contributed by atoms with E-state index in [4.69, 9.17) is 18.4 Å². The summed E-state index contributed by atoms with van der Waals surface area (Å²) in [5.41, 5.74) is -0.668. The van der Waals surface area contributed by atoms with Gasteiger partial charge >= 0.3 is 5.97 Å². The third kappa shape index (κ3) is 5.50. The first-order valence-electron chi connectivity index (χ1n) is 8.07. The topological polar surface area (TPSA) is 88.1 Å². The molecular formula is C17H23BrO7S. The monoisotopic (exact) mass is 450 g/mol. The number of methoxy groups -OCH3 is 1. The Morgan fingerprint density at radius 3 is 2.42 bits per heavy atom. The standard InChI is InChI=1S/C17H23BrO7S/c1-17(2,3)16(19)23-10-14-13(9-15(22-4)24-14)25-26(20,21)12-7-5-11(18)6-8-12/h5-8,13-15H,9-10H2,1-4H3/t13-,14+,15?/m0/s1. The summed E-state index contributed by atoms with van der Waals surface area (Å²) in [4.78, 5) is 12.0. The van der Waals surface area contributed by atoms with Crippen LogP contribution in [0.25, 0.3) is 0 Å². The van der Waals surface area contributed by atoms with Gasteiger partial charge in [0.05, 0.1) is 10.3 Å². The maximum atomic E-state index is 12.5. The number of esters is 1. The molecule has 0 aromatic heterocycles. The van der Waals surface area contributed by atoms with Crippen molar-refractivity contribution in [2.75, 3.05) is 13.7 Å². The van der Waals surface area contributed by atoms with Gasteiger partial charge in [0.15, 0.2) is 6.29 Å². The molecule has 1 saturated heterocycles. The number of benzene rings is 1. The van der Waals surface area contributed by atoms with Crippen molar-refractivity contribution in [3.8, 4) is 0 Å². The van der Waals surface area contributed by atoms with Crippen LogP contribution in [0.2, 0.25) is 0 Å². The molecule has 1 fully saturated rings. The second-order valence-corrected chi connectivity index (χ2v) is 9.45. The molecule has 1 aromatic rings. The fraction of sp³-hybridized carbons (Fsp3) is 0.588. The van der Waals surface area contributed by atoms with Gasteiger partial charge in [0, 0.05) is 18.0 Å². The third-order valence-corrected chi connectivity index (χ3v) is 5.65. The lowest BCUT2D eigenvalue weighted by Gasteiger charge is -2.21. The van der Waals surface area contributed by atoms with Crippen molar-refractivity contribution >= 4 is 32.0 Å². The van der Waals surface area contributed by atoms with E-state index < -0.39 is 40.0 Å². The molecule has 7 nitrogen and oxygen atoms in total. The highest BCUT2D eigenvalue weighted by Crippen LogP contribution is 2.28. The third-order valence-electron chi connectivity index (χ3n) is 3.77. The minimum absolute atomic E-state index is 0.0343. The van der Waals surface area contributed by atoms with Gasteiger partial charge in [-0.05, 0) is 45.0 Å². The Morgan fingerprint density at radius 1 is 1.27 bits per heavy atom. The molecule has 0 radical (unpaired) electrons. The fourth-order valence-corrected chi connectivity index (χ4v) is 3.65. The Kier molecular flexibility index (Phi) is 6.84. The van der Waals surface area contributed by atoms with Crippen LogP contribution < -0.4 is 0 Å². The van der Waals surface area contributed by atoms with E-state index in [2.05, 4.69) is 15.9 Å². The summed E-state index contributed by atoms with van der Waals surface area (Å²) in [7, 11) is -2.54. The average molecular weight is 451 g/mol. The smallest absolute Gasteiger partial charge is 0.311 e. The minimum atomic E-state index is -3.99. The lowest BCUT2D eigenvalue weighted by Crippen LogP contribution is -2.34. The first kappa shape index (κ1) is 21.3. The van der Waals surface area contributed by atoms with Gasteiger partial charge in [-0.25, -0.2) is 0 Å². The van der Waals surface area contributed by atoms with Crippen LogP contribution in [0.5, 0.6) is 0 Å². The number of halogens is 1. The van der Waals surface area contributed by atoms with Crippen molar-refractivity contribution < 1.29 is 31.6 Å². The molecule has 9 heteroatoms. The van der Waals surface area contributed by atoms with E-state index in [1.165, 1.54) is 19.2 Å². The summed E-state index contributed by atoms with van der Waals surface area (Å²) < 4.78 is 47.1. The predicted molar refractivity (Wildman–Crippen MR) is 96.9 cm³/mol. The van der Waals surface area contributed by atoms with Crippen molar-refractivity contribution in [2.45, 2.75) is 50.6 Å². The molecule has 26 heavy (non-hydrogen) atoms. The SMILES string of the molecule is COC1C[C@H](OS(=O)(=O)c2ccc(Br)cc2)[C@@H](COC(=O)C(C)(C)C)O1. The molecule has 2 rings (SSSR count). The second-order valence-electron chi connectivity index (χ2n) is 6.97. The molecule has 0 amide bonds. The van der Waals surface area contributed by atoms with Gasteiger partial charge in [-0.3, -0.25) is 8.98 Å². The molecule has 0 N–H and O–H groups in total. The molecule has 0 aliphatic carbocycles. The van der Waals surface area contributed by atoms with Gasteiger partial charge < -0.3 is 14.2 Å². The van der Waals surface area contributed by atoms with Crippen LogP contribution in [0.1, 0.15) is 27.2 Å². The Morgan fingerprint density at radius 2 is 1.88 bits per heavy atom. The summed E-state index contributed by atoms with van der Waals surface area (Å²) >= 11 is 3.26. The van der Waals surface area contributed by atoms with E-state index in [-0.39, 0.29) is 17.9 Å². The minimum Gasteiger partial charge on any atom is -0.462 e. The van der Waals surface area contributed by atoms with Gasteiger partial charge in [0.2, 0.25) is 0 Å². The summed E-state index contributed by atoms with van der Waals surface area (Å²) in [6.07, 6.45) is -1.97. The van der Waals surface area contributed by atoms with Crippen molar-refractivity contribution in [1.29, 1.82) is 0 Å². The fourth-order valence-electron chi connectivity index (χ4n) is 2.27. The van der Waals surface area contributed by atoms with E-state index in [9.17, 15) is 13.2 Å². The van der Waals surface area contributed by atoms with Crippen molar-refractivity contribution in [2.24, 2.45) is 5.41 Å². The van der Waals surface area contributed by atoms with Crippen LogP contribution in [0.3, 0.4) is 0 Å². The molecule has 1 unspecified atom stereocenters. The highest BCUT2D eigenvalue weighted by Gasteiger charge is 2.40. The molecule has 0 saturated carbocycles. The maximum absolute atomic E-state index is 12.5. The molecule has 1 aliphatic heterocycles. The van der Waals surface area contributed by atoms with Crippen molar-refractivity contribution in [3.05, 3.63) is 28.7 Å². The predicted octanol–water partition coefficient (Wildman–Crippen LogP) is 2.87. The Balaban J connectivity index is 2.09. The van der Waals surface area contributed by atoms with E-state index in [0.717, 1.165) is 4.47 Å². The molecule has 0 spiro atoms. The number of hydrogen-bond acceptors (Lipinski definition) is 7. The zero-order chi connectivity index (χ0) is 19.5. The molecule has 0 bridgehead atoms. The van der Waals surface area contributed by atoms with Crippen LogP contribution in [-0.2, 0) is 33.3 Å². The van der Waals surface area contributed by atoms with Crippen LogP contribution in [0.15, 0.2) is 33.6 Å². The van der Waals surface area contributed by atoms with Crippen LogP contribution >= 0.6 is 15.9 Å². The van der Waals surface area contributed by atoms with Gasteiger partial charge in [0.1, 0.15) is 18.8 Å². The number of carbonyl (C=O) groups is 1. The van der Waals surface area contributed by atoms with Crippen molar-refractivity contribution in [3.63, 3.8) is 0 Å². The summed E-state index contributed by atoms with van der Waals surface area (Å²) in [6, 6.07) is 6.11. The molecule has 3 atom stereocenters. The average Bonchev–Trinajstić information content (AvgIpc) is 2.93. The lowest BCUT2D eigenvalue weighted by molar-refractivity contribution is -0.165. The zero-order valence-corrected chi connectivity index (χ0v) is 17.5. The molecule has 146 valence electrons. The number of carbonyl (C=O) groups excluding carboxylic acids is 1. The number of rotatable bonds is 6. The quantitative estimate of drug-likeness (QED) is 0.486. The zero-order valence-electron chi connectivity index (χ0n) is 15.1. The summed E-state index contributed by atoms with van der Waals surface area (Å²) in [6.45, 7) is 5.08. The van der Waals surface area contributed by atoms with E-state index in [0.29, 0.717) is 0 Å². The molecular weight excluding hydrogens is 428 g/mol. The van der Waals surface area contributed by atoms with Gasteiger partial charge in [-0.1, -0.05) is 15.9 Å². The summed E-state index contributed by atoms with van der Waals surface area (Å²) in [5.74, 6) is -0.406. The highest BCUT2D eigenvalue weighted by atomic mass is 79.9. The Hall–Kier alpha value is -1.00. The van der Waals surface area contributed by atoms with Crippen LogP contribution in [-0.4, -0.2) is 46.6 Å². The van der Waals surface area contributed by atoms with E-state index in [1.54, 1.807) is 32.9 Å². The largest absolute Gasteiger partial charge is 0.462 e. The van der Waals surface area contributed by atoms with Gasteiger partial charge in [-0.2, -0.15) is 8.42 Å². The lowest BCUT2D eigenvalue weighted by atomic mass is 9.97. The second kappa shape index (κ2) is 8.35. The van der Waals surface area contributed by atoms with Crippen LogP contribution in [0.4, 0.5) is 0 Å². The molecule has 1 heterocycles. The molecule has 1 aliphatic rings. The highest BCUT2D eigenvalue weighted by molar-refractivity contribution is 9.10. The van der Waals surface area contributed by atoms with Crippen molar-refractivity contribution in [1.82, 2.24) is 0 Å². The van der Waals surface area contributed by atoms with E-state index >= 15 is 0 Å². The Bertz CT molecular complexity index is 724. The van der Waals surface area contributed by atoms with Crippen LogP contribution in [0, 0.1) is 5.41 Å². The first-order valence-corrected chi connectivity index (χ1v) is 10.3. The maximum Gasteiger partial charge on any atom is 0.311 e. The number of ether oxygens (including phenoxy) is 3. The van der Waals surface area contributed by atoms with Gasteiger partial charge in [0.25, 0.3) is 10.1 Å².